The first-order valence-electron chi connectivity index (χ1n) is 7.54. The van der Waals surface area contributed by atoms with Gasteiger partial charge in [-0.25, -0.2) is 8.78 Å². The number of halogens is 2. The molecule has 0 aromatic carbocycles. The molecule has 0 saturated heterocycles. The summed E-state index contributed by atoms with van der Waals surface area (Å²) in [5, 5.41) is 8.53. The maximum absolute atomic E-state index is 13.2. The molecule has 0 aliphatic heterocycles. The quantitative estimate of drug-likeness (QED) is 0.905. The number of alkyl halides is 2. The van der Waals surface area contributed by atoms with Gasteiger partial charge in [0.05, 0.1) is 12.2 Å². The van der Waals surface area contributed by atoms with Gasteiger partial charge in [0.2, 0.25) is 5.92 Å². The van der Waals surface area contributed by atoms with E-state index >= 15 is 0 Å². The second-order valence-corrected chi connectivity index (χ2v) is 6.36. The van der Waals surface area contributed by atoms with E-state index in [1.54, 1.807) is 4.80 Å². The Morgan fingerprint density at radius 1 is 1.19 bits per heavy atom. The Labute approximate surface area is 121 Å². The minimum absolute atomic E-state index is 0.0835. The zero-order valence-electron chi connectivity index (χ0n) is 11.9. The van der Waals surface area contributed by atoms with E-state index in [-0.39, 0.29) is 24.5 Å². The minimum atomic E-state index is -2.54. The van der Waals surface area contributed by atoms with Crippen molar-refractivity contribution in [1.29, 1.82) is 0 Å². The SMILES string of the molecule is NC(=O)c1nn(CC2CC2)nc1CC1CCC(F)(F)CC1. The smallest absolute Gasteiger partial charge is 0.271 e. The summed E-state index contributed by atoms with van der Waals surface area (Å²) in [5.74, 6) is -2.39. The number of rotatable bonds is 5. The van der Waals surface area contributed by atoms with Gasteiger partial charge >= 0.3 is 0 Å². The molecule has 0 radical (unpaired) electrons. The van der Waals surface area contributed by atoms with Crippen LogP contribution in [0.4, 0.5) is 8.78 Å². The Morgan fingerprint density at radius 2 is 1.86 bits per heavy atom. The fraction of sp³-hybridized carbons (Fsp3) is 0.786. The van der Waals surface area contributed by atoms with E-state index in [0.717, 1.165) is 0 Å². The highest BCUT2D eigenvalue weighted by atomic mass is 19.3. The molecule has 1 aromatic rings. The van der Waals surface area contributed by atoms with Crippen molar-refractivity contribution in [3.63, 3.8) is 0 Å². The van der Waals surface area contributed by atoms with Crippen LogP contribution < -0.4 is 5.73 Å². The van der Waals surface area contributed by atoms with Crippen LogP contribution in [0.2, 0.25) is 0 Å². The average molecular weight is 298 g/mol. The van der Waals surface area contributed by atoms with E-state index in [9.17, 15) is 13.6 Å². The zero-order valence-corrected chi connectivity index (χ0v) is 11.9. The van der Waals surface area contributed by atoms with Crippen LogP contribution in [0.25, 0.3) is 0 Å². The first kappa shape index (κ1) is 14.4. The largest absolute Gasteiger partial charge is 0.364 e. The summed E-state index contributed by atoms with van der Waals surface area (Å²) in [4.78, 5) is 13.0. The van der Waals surface area contributed by atoms with Crippen molar-refractivity contribution in [2.24, 2.45) is 17.6 Å². The molecule has 1 heterocycles. The Bertz CT molecular complexity index is 529. The first-order chi connectivity index (χ1) is 9.93. The van der Waals surface area contributed by atoms with E-state index in [0.29, 0.717) is 37.4 Å². The lowest BCUT2D eigenvalue weighted by atomic mass is 9.84. The van der Waals surface area contributed by atoms with E-state index in [1.807, 2.05) is 0 Å². The van der Waals surface area contributed by atoms with Crippen molar-refractivity contribution < 1.29 is 13.6 Å². The summed E-state index contributed by atoms with van der Waals surface area (Å²) in [5.41, 5.74) is 6.12. The molecular weight excluding hydrogens is 278 g/mol. The molecular formula is C14H20F2N4O. The number of hydrogen-bond donors (Lipinski definition) is 1. The molecule has 1 aromatic heterocycles. The molecule has 2 saturated carbocycles. The lowest BCUT2D eigenvalue weighted by Gasteiger charge is -2.27. The number of primary amides is 1. The van der Waals surface area contributed by atoms with Crippen LogP contribution in [0, 0.1) is 11.8 Å². The lowest BCUT2D eigenvalue weighted by molar-refractivity contribution is -0.0457. The fourth-order valence-electron chi connectivity index (χ4n) is 2.90. The third-order valence-electron chi connectivity index (χ3n) is 4.40. The number of nitrogens with two attached hydrogens (primary N) is 1. The highest BCUT2D eigenvalue weighted by molar-refractivity contribution is 5.91. The van der Waals surface area contributed by atoms with Crippen molar-refractivity contribution in [2.75, 3.05) is 0 Å². The molecule has 1 amide bonds. The molecule has 7 heteroatoms. The Hall–Kier alpha value is -1.53. The summed E-state index contributed by atoms with van der Waals surface area (Å²) < 4.78 is 26.3. The second-order valence-electron chi connectivity index (χ2n) is 6.36. The van der Waals surface area contributed by atoms with Crippen molar-refractivity contribution in [3.8, 4) is 0 Å². The van der Waals surface area contributed by atoms with Gasteiger partial charge in [-0.3, -0.25) is 4.79 Å². The normalized spacial score (nSPS) is 22.4. The van der Waals surface area contributed by atoms with Crippen molar-refractivity contribution in [2.45, 2.75) is 57.4 Å². The molecule has 2 aliphatic rings. The molecule has 21 heavy (non-hydrogen) atoms. The van der Waals surface area contributed by atoms with Gasteiger partial charge in [-0.05, 0) is 43.9 Å². The van der Waals surface area contributed by atoms with Crippen LogP contribution in [0.15, 0.2) is 0 Å². The maximum atomic E-state index is 13.2. The van der Waals surface area contributed by atoms with Gasteiger partial charge in [-0.15, -0.1) is 5.10 Å². The molecule has 0 bridgehead atoms. The van der Waals surface area contributed by atoms with Crippen LogP contribution in [-0.2, 0) is 13.0 Å². The van der Waals surface area contributed by atoms with Crippen LogP contribution >= 0.6 is 0 Å². The number of carbonyl (C=O) groups excluding carboxylic acids is 1. The van der Waals surface area contributed by atoms with Crippen LogP contribution in [0.5, 0.6) is 0 Å². The second kappa shape index (κ2) is 5.35. The van der Waals surface area contributed by atoms with Crippen molar-refractivity contribution in [1.82, 2.24) is 15.0 Å². The molecule has 5 nitrogen and oxygen atoms in total. The summed E-state index contributed by atoms with van der Waals surface area (Å²) in [6, 6.07) is 0. The average Bonchev–Trinajstić information content (AvgIpc) is 3.12. The Kier molecular flexibility index (Phi) is 3.67. The van der Waals surface area contributed by atoms with Crippen molar-refractivity contribution in [3.05, 3.63) is 11.4 Å². The molecule has 3 rings (SSSR count). The third-order valence-corrected chi connectivity index (χ3v) is 4.40. The van der Waals surface area contributed by atoms with Crippen LogP contribution in [0.1, 0.15) is 54.7 Å². The van der Waals surface area contributed by atoms with E-state index in [2.05, 4.69) is 10.2 Å². The summed E-state index contributed by atoms with van der Waals surface area (Å²) >= 11 is 0. The molecule has 0 atom stereocenters. The Morgan fingerprint density at radius 3 is 2.43 bits per heavy atom. The monoisotopic (exact) mass is 298 g/mol. The van der Waals surface area contributed by atoms with Gasteiger partial charge in [-0.2, -0.15) is 9.90 Å². The fourth-order valence-corrected chi connectivity index (χ4v) is 2.90. The highest BCUT2D eigenvalue weighted by Gasteiger charge is 2.35. The maximum Gasteiger partial charge on any atom is 0.271 e. The minimum Gasteiger partial charge on any atom is -0.364 e. The van der Waals surface area contributed by atoms with Gasteiger partial charge in [-0.1, -0.05) is 0 Å². The number of aromatic nitrogens is 3. The number of amides is 1. The van der Waals surface area contributed by atoms with Crippen LogP contribution in [-0.4, -0.2) is 26.8 Å². The predicted molar refractivity (Wildman–Crippen MR) is 71.9 cm³/mol. The lowest BCUT2D eigenvalue weighted by Crippen LogP contribution is -2.26. The number of nitrogens with zero attached hydrogens (tertiary/aromatic N) is 3. The third kappa shape index (κ3) is 3.57. The molecule has 116 valence electrons. The predicted octanol–water partition coefficient (Wildman–Crippen LogP) is 2.15. The van der Waals surface area contributed by atoms with Gasteiger partial charge in [0.15, 0.2) is 5.69 Å². The van der Waals surface area contributed by atoms with Gasteiger partial charge in [0.25, 0.3) is 5.91 Å². The molecule has 2 fully saturated rings. The van der Waals surface area contributed by atoms with E-state index in [4.69, 9.17) is 5.73 Å². The Balaban J connectivity index is 1.68. The van der Waals surface area contributed by atoms with Gasteiger partial charge < -0.3 is 5.73 Å². The highest BCUT2D eigenvalue weighted by Crippen LogP contribution is 2.37. The molecule has 0 spiro atoms. The topological polar surface area (TPSA) is 73.8 Å². The number of carbonyl (C=O) groups is 1. The van der Waals surface area contributed by atoms with Crippen molar-refractivity contribution >= 4 is 5.91 Å². The standard InChI is InChI=1S/C14H20F2N4O/c15-14(16)5-3-9(4-6-14)7-11-12(13(17)21)19-20(18-11)8-10-1-2-10/h9-10H,1-8H2,(H2,17,21). The first-order valence-corrected chi connectivity index (χ1v) is 7.54. The molecule has 2 aliphatic carbocycles. The van der Waals surface area contributed by atoms with Crippen LogP contribution in [0.3, 0.4) is 0 Å². The molecule has 2 N–H and O–H groups in total. The summed E-state index contributed by atoms with van der Waals surface area (Å²) in [7, 11) is 0. The number of hydrogen-bond acceptors (Lipinski definition) is 3. The van der Waals surface area contributed by atoms with Gasteiger partial charge in [0.1, 0.15) is 0 Å². The van der Waals surface area contributed by atoms with E-state index < -0.39 is 11.8 Å². The van der Waals surface area contributed by atoms with Gasteiger partial charge in [0, 0.05) is 12.8 Å². The molecule has 0 unspecified atom stereocenters. The summed E-state index contributed by atoms with van der Waals surface area (Å²) in [6.07, 6.45) is 3.60. The summed E-state index contributed by atoms with van der Waals surface area (Å²) in [6.45, 7) is 0.711. The zero-order chi connectivity index (χ0) is 15.0. The van der Waals surface area contributed by atoms with E-state index in [1.165, 1.54) is 12.8 Å².